The summed E-state index contributed by atoms with van der Waals surface area (Å²) in [5.41, 5.74) is 4.18. The molecule has 0 aliphatic carbocycles. The molecule has 0 bridgehead atoms. The number of anilines is 3. The Hall–Kier alpha value is -4.56. The maximum atomic E-state index is 12.9. The van der Waals surface area contributed by atoms with Gasteiger partial charge in [-0.3, -0.25) is 9.36 Å². The van der Waals surface area contributed by atoms with Crippen molar-refractivity contribution in [3.8, 4) is 0 Å². The predicted molar refractivity (Wildman–Crippen MR) is 164 cm³/mol. The Bertz CT molecular complexity index is 1810. The fraction of sp³-hybridized carbons (Fsp3) is 0.233. The van der Waals surface area contributed by atoms with E-state index in [0.717, 1.165) is 22.1 Å². The Labute approximate surface area is 238 Å². The largest absolute Gasteiger partial charge is 0.359 e. The molecule has 0 aliphatic heterocycles. The standard InChI is InChI=1S/C30H32N7O3P/c1-19-7-8-21(29(38)35-25-16-24(40-36-25)30(2,3)4)15-20(19)13-14-37-18-33-26-27(31-17-32-28(26)37)34-22-9-11-23(12-10-22)41(5,6)39/h7-18H,1-6H3,(H,31,32,34)(H,35,36,38). The first-order chi connectivity index (χ1) is 19.4. The summed E-state index contributed by atoms with van der Waals surface area (Å²) in [6, 6.07) is 14.7. The van der Waals surface area contributed by atoms with Crippen LogP contribution >= 0.6 is 7.14 Å². The van der Waals surface area contributed by atoms with Crippen LogP contribution in [0, 0.1) is 6.92 Å². The van der Waals surface area contributed by atoms with Crippen molar-refractivity contribution in [2.45, 2.75) is 33.1 Å². The Balaban J connectivity index is 1.35. The molecule has 2 aromatic carbocycles. The van der Waals surface area contributed by atoms with Crippen LogP contribution in [0.15, 0.2) is 65.7 Å². The topological polar surface area (TPSA) is 128 Å². The average Bonchev–Trinajstić information content (AvgIpc) is 3.56. The predicted octanol–water partition coefficient (Wildman–Crippen LogP) is 6.29. The summed E-state index contributed by atoms with van der Waals surface area (Å²) in [6.45, 7) is 11.5. The molecule has 0 atom stereocenters. The van der Waals surface area contributed by atoms with Crippen LogP contribution in [-0.4, -0.2) is 43.9 Å². The van der Waals surface area contributed by atoms with E-state index in [9.17, 15) is 9.36 Å². The summed E-state index contributed by atoms with van der Waals surface area (Å²) in [4.78, 5) is 26.2. The van der Waals surface area contributed by atoms with E-state index in [2.05, 4.69) is 30.7 Å². The molecular weight excluding hydrogens is 537 g/mol. The third kappa shape index (κ3) is 6.28. The Morgan fingerprint density at radius 1 is 1.02 bits per heavy atom. The van der Waals surface area contributed by atoms with E-state index in [1.807, 2.05) is 76.4 Å². The molecule has 3 heterocycles. The van der Waals surface area contributed by atoms with E-state index in [0.29, 0.717) is 34.1 Å². The van der Waals surface area contributed by atoms with Crippen LogP contribution in [0.5, 0.6) is 0 Å². The van der Waals surface area contributed by atoms with Gasteiger partial charge in [0.05, 0.1) is 0 Å². The zero-order chi connectivity index (χ0) is 29.4. The van der Waals surface area contributed by atoms with Gasteiger partial charge >= 0.3 is 0 Å². The Morgan fingerprint density at radius 3 is 2.46 bits per heavy atom. The third-order valence-electron chi connectivity index (χ3n) is 6.56. The fourth-order valence-corrected chi connectivity index (χ4v) is 4.96. The molecule has 0 spiro atoms. The van der Waals surface area contributed by atoms with Gasteiger partial charge in [-0.05, 0) is 73.9 Å². The summed E-state index contributed by atoms with van der Waals surface area (Å²) in [6.07, 6.45) is 6.89. The highest BCUT2D eigenvalue weighted by Gasteiger charge is 2.21. The maximum absolute atomic E-state index is 12.9. The molecule has 0 unspecified atom stereocenters. The molecule has 0 aliphatic rings. The molecule has 2 N–H and O–H groups in total. The highest BCUT2D eigenvalue weighted by atomic mass is 31.2. The SMILES string of the molecule is Cc1ccc(C(=O)Nc2cc(C(C)(C)C)on2)cc1C=Cn1cnc2c(Nc3ccc(P(C)(C)=O)cc3)ncnc21. The lowest BCUT2D eigenvalue weighted by molar-refractivity contribution is 0.102. The van der Waals surface area contributed by atoms with Gasteiger partial charge in [-0.25, -0.2) is 15.0 Å². The molecule has 10 nitrogen and oxygen atoms in total. The van der Waals surface area contributed by atoms with Crippen LogP contribution in [0.4, 0.5) is 17.3 Å². The number of aryl methyl sites for hydroxylation is 1. The maximum Gasteiger partial charge on any atom is 0.256 e. The van der Waals surface area contributed by atoms with Gasteiger partial charge in [-0.1, -0.05) is 32.0 Å². The van der Waals surface area contributed by atoms with Gasteiger partial charge in [-0.15, -0.1) is 0 Å². The molecule has 11 heteroatoms. The molecule has 0 fully saturated rings. The van der Waals surface area contributed by atoms with Crippen LogP contribution in [-0.2, 0) is 9.98 Å². The molecule has 5 aromatic rings. The average molecular weight is 570 g/mol. The molecule has 41 heavy (non-hydrogen) atoms. The lowest BCUT2D eigenvalue weighted by atomic mass is 9.93. The number of benzene rings is 2. The van der Waals surface area contributed by atoms with Crippen molar-refractivity contribution in [1.82, 2.24) is 24.7 Å². The number of fused-ring (bicyclic) bond motifs is 1. The van der Waals surface area contributed by atoms with Crippen molar-refractivity contribution >= 4 is 59.1 Å². The quantitative estimate of drug-likeness (QED) is 0.219. The van der Waals surface area contributed by atoms with Crippen molar-refractivity contribution in [1.29, 1.82) is 0 Å². The minimum absolute atomic E-state index is 0.209. The van der Waals surface area contributed by atoms with E-state index in [-0.39, 0.29) is 11.3 Å². The lowest BCUT2D eigenvalue weighted by Gasteiger charge is -2.12. The molecule has 1 amide bonds. The number of carbonyl (C=O) groups excluding carboxylic acids is 1. The smallest absolute Gasteiger partial charge is 0.256 e. The Kier molecular flexibility index (Phi) is 7.36. The van der Waals surface area contributed by atoms with Crippen LogP contribution in [0.2, 0.25) is 0 Å². The molecule has 0 radical (unpaired) electrons. The van der Waals surface area contributed by atoms with Crippen molar-refractivity contribution in [3.63, 3.8) is 0 Å². The summed E-state index contributed by atoms with van der Waals surface area (Å²) in [5, 5.41) is 10.9. The van der Waals surface area contributed by atoms with Gasteiger partial charge in [0.1, 0.15) is 25.6 Å². The van der Waals surface area contributed by atoms with Gasteiger partial charge < -0.3 is 19.7 Å². The van der Waals surface area contributed by atoms with Crippen LogP contribution < -0.4 is 15.9 Å². The summed E-state index contributed by atoms with van der Waals surface area (Å²) < 4.78 is 19.5. The van der Waals surface area contributed by atoms with E-state index in [1.54, 1.807) is 36.4 Å². The number of hydrogen-bond acceptors (Lipinski definition) is 8. The fourth-order valence-electron chi connectivity index (χ4n) is 4.09. The van der Waals surface area contributed by atoms with Crippen molar-refractivity contribution < 1.29 is 13.9 Å². The first-order valence-corrected chi connectivity index (χ1v) is 15.7. The Morgan fingerprint density at radius 2 is 1.78 bits per heavy atom. The number of hydrogen-bond donors (Lipinski definition) is 2. The van der Waals surface area contributed by atoms with Gasteiger partial charge in [-0.2, -0.15) is 0 Å². The van der Waals surface area contributed by atoms with Crippen LogP contribution in [0.1, 0.15) is 48.0 Å². The molecule has 3 aromatic heterocycles. The summed E-state index contributed by atoms with van der Waals surface area (Å²) in [5.74, 6) is 1.35. The number of nitrogens with one attached hydrogen (secondary N) is 2. The second kappa shape index (κ2) is 10.8. The second-order valence-electron chi connectivity index (χ2n) is 11.2. The zero-order valence-corrected chi connectivity index (χ0v) is 24.7. The summed E-state index contributed by atoms with van der Waals surface area (Å²) >= 11 is 0. The number of amides is 1. The highest BCUT2D eigenvalue weighted by molar-refractivity contribution is 7.70. The van der Waals surface area contributed by atoms with Gasteiger partial charge in [0.25, 0.3) is 5.91 Å². The molecule has 5 rings (SSSR count). The van der Waals surface area contributed by atoms with E-state index in [4.69, 9.17) is 4.52 Å². The number of imidazole rings is 1. The van der Waals surface area contributed by atoms with Crippen molar-refractivity contribution in [2.24, 2.45) is 0 Å². The summed E-state index contributed by atoms with van der Waals surface area (Å²) in [7, 11) is -2.33. The van der Waals surface area contributed by atoms with Crippen molar-refractivity contribution in [3.05, 3.63) is 83.6 Å². The highest BCUT2D eigenvalue weighted by Crippen LogP contribution is 2.35. The minimum atomic E-state index is -2.33. The number of rotatable bonds is 7. The number of nitrogens with zero attached hydrogens (tertiary/aromatic N) is 5. The van der Waals surface area contributed by atoms with E-state index < -0.39 is 7.14 Å². The molecule has 0 saturated heterocycles. The van der Waals surface area contributed by atoms with Gasteiger partial charge in [0.15, 0.2) is 22.8 Å². The van der Waals surface area contributed by atoms with Crippen LogP contribution in [0.3, 0.4) is 0 Å². The normalized spacial score (nSPS) is 12.2. The van der Waals surface area contributed by atoms with E-state index >= 15 is 0 Å². The lowest BCUT2D eigenvalue weighted by Crippen LogP contribution is -2.13. The first kappa shape index (κ1) is 28.0. The number of carbonyl (C=O) groups is 1. The van der Waals surface area contributed by atoms with Crippen molar-refractivity contribution in [2.75, 3.05) is 24.0 Å². The minimum Gasteiger partial charge on any atom is -0.359 e. The molecule has 0 saturated carbocycles. The second-order valence-corrected chi connectivity index (χ2v) is 14.5. The first-order valence-electron chi connectivity index (χ1n) is 13.1. The van der Waals surface area contributed by atoms with Crippen LogP contribution in [0.25, 0.3) is 23.4 Å². The van der Waals surface area contributed by atoms with E-state index in [1.165, 1.54) is 6.33 Å². The van der Waals surface area contributed by atoms with Gasteiger partial charge in [0.2, 0.25) is 0 Å². The number of aromatic nitrogens is 5. The zero-order valence-electron chi connectivity index (χ0n) is 23.8. The molecular formula is C30H32N7O3P. The third-order valence-corrected chi connectivity index (χ3v) is 8.10. The molecule has 210 valence electrons. The monoisotopic (exact) mass is 569 g/mol. The van der Waals surface area contributed by atoms with Gasteiger partial charge in [0, 0.05) is 34.2 Å².